The molecule has 0 aliphatic heterocycles. The summed E-state index contributed by atoms with van der Waals surface area (Å²) in [6, 6.07) is 8.01. The Morgan fingerprint density at radius 2 is 2.10 bits per heavy atom. The van der Waals surface area contributed by atoms with Gasteiger partial charge in [-0.1, -0.05) is 30.3 Å². The van der Waals surface area contributed by atoms with Crippen LogP contribution in [-0.2, 0) is 13.0 Å². The summed E-state index contributed by atoms with van der Waals surface area (Å²) in [5.41, 5.74) is 2.51. The van der Waals surface area contributed by atoms with E-state index in [1.54, 1.807) is 0 Å². The summed E-state index contributed by atoms with van der Waals surface area (Å²) in [6.07, 6.45) is 3.42. The molecule has 0 spiro atoms. The van der Waals surface area contributed by atoms with E-state index in [4.69, 9.17) is 4.74 Å². The van der Waals surface area contributed by atoms with Crippen LogP contribution in [0.25, 0.3) is 0 Å². The van der Waals surface area contributed by atoms with Crippen LogP contribution in [0.15, 0.2) is 24.3 Å². The maximum absolute atomic E-state index is 10.8. The Kier molecular flexibility index (Phi) is 5.49. The minimum Gasteiger partial charge on any atom is -0.493 e. The number of rotatable bonds is 8. The largest absolute Gasteiger partial charge is 0.493 e. The van der Waals surface area contributed by atoms with Gasteiger partial charge in [0.25, 0.3) is 0 Å². The van der Waals surface area contributed by atoms with Crippen molar-refractivity contribution in [3.8, 4) is 5.75 Å². The molecule has 2 aromatic rings. The summed E-state index contributed by atoms with van der Waals surface area (Å²) in [6.45, 7) is 5.49. The lowest BCUT2D eigenvalue weighted by Gasteiger charge is -2.09. The van der Waals surface area contributed by atoms with Gasteiger partial charge in [0.15, 0.2) is 6.29 Å². The molecule has 0 saturated carbocycles. The number of aryl methyl sites for hydroxylation is 2. The molecule has 0 aliphatic carbocycles. The van der Waals surface area contributed by atoms with Crippen molar-refractivity contribution in [2.75, 3.05) is 6.61 Å². The molecule has 21 heavy (non-hydrogen) atoms. The quantitative estimate of drug-likeness (QED) is 0.553. The van der Waals surface area contributed by atoms with Crippen molar-refractivity contribution < 1.29 is 9.53 Å². The second kappa shape index (κ2) is 7.57. The molecule has 1 aromatic carbocycles. The first-order valence-corrected chi connectivity index (χ1v) is 7.32. The number of nitrogens with zero attached hydrogens (tertiary/aromatic N) is 3. The first kappa shape index (κ1) is 15.2. The predicted octanol–water partition coefficient (Wildman–Crippen LogP) is 2.82. The second-order valence-corrected chi connectivity index (χ2v) is 4.94. The van der Waals surface area contributed by atoms with Crippen molar-refractivity contribution in [3.63, 3.8) is 0 Å². The zero-order valence-electron chi connectivity index (χ0n) is 12.6. The SMILES string of the molecule is CCc1c(C=O)nnn1CCCCOc1ccccc1C. The highest BCUT2D eigenvalue weighted by atomic mass is 16.5. The Balaban J connectivity index is 1.76. The van der Waals surface area contributed by atoms with E-state index in [1.807, 2.05) is 42.8 Å². The lowest BCUT2D eigenvalue weighted by atomic mass is 10.2. The van der Waals surface area contributed by atoms with E-state index >= 15 is 0 Å². The minimum atomic E-state index is 0.452. The molecule has 0 amide bonds. The van der Waals surface area contributed by atoms with E-state index in [-0.39, 0.29) is 0 Å². The van der Waals surface area contributed by atoms with Gasteiger partial charge in [-0.2, -0.15) is 0 Å². The average Bonchev–Trinajstić information content (AvgIpc) is 2.90. The van der Waals surface area contributed by atoms with Crippen molar-refractivity contribution in [1.82, 2.24) is 15.0 Å². The van der Waals surface area contributed by atoms with Gasteiger partial charge in [-0.05, 0) is 37.8 Å². The number of unbranched alkanes of at least 4 members (excludes halogenated alkanes) is 1. The molecule has 0 radical (unpaired) electrons. The van der Waals surface area contributed by atoms with Crippen molar-refractivity contribution in [1.29, 1.82) is 0 Å². The minimum absolute atomic E-state index is 0.452. The van der Waals surface area contributed by atoms with Crippen molar-refractivity contribution in [3.05, 3.63) is 41.2 Å². The fourth-order valence-electron chi connectivity index (χ4n) is 2.25. The molecule has 0 aliphatic rings. The third-order valence-electron chi connectivity index (χ3n) is 3.43. The Morgan fingerprint density at radius 3 is 2.81 bits per heavy atom. The molecule has 5 heteroatoms. The highest BCUT2D eigenvalue weighted by Gasteiger charge is 2.09. The van der Waals surface area contributed by atoms with Crippen LogP contribution in [0.4, 0.5) is 0 Å². The van der Waals surface area contributed by atoms with E-state index in [9.17, 15) is 4.79 Å². The number of aromatic nitrogens is 3. The molecule has 5 nitrogen and oxygen atoms in total. The van der Waals surface area contributed by atoms with Gasteiger partial charge in [0.05, 0.1) is 12.3 Å². The zero-order valence-corrected chi connectivity index (χ0v) is 12.6. The molecule has 0 N–H and O–H groups in total. The van der Waals surface area contributed by atoms with Gasteiger partial charge in [-0.15, -0.1) is 5.10 Å². The molecule has 2 rings (SSSR count). The molecule has 0 fully saturated rings. The van der Waals surface area contributed by atoms with E-state index < -0.39 is 0 Å². The van der Waals surface area contributed by atoms with Gasteiger partial charge < -0.3 is 4.74 Å². The average molecular weight is 287 g/mol. The number of ether oxygens (including phenoxy) is 1. The number of carbonyl (C=O) groups excluding carboxylic acids is 1. The Hall–Kier alpha value is -2.17. The third-order valence-corrected chi connectivity index (χ3v) is 3.43. The normalized spacial score (nSPS) is 10.6. The van der Waals surface area contributed by atoms with Gasteiger partial charge >= 0.3 is 0 Å². The van der Waals surface area contributed by atoms with Crippen LogP contribution in [0.3, 0.4) is 0 Å². The van der Waals surface area contributed by atoms with Gasteiger partial charge in [-0.25, -0.2) is 4.68 Å². The summed E-state index contributed by atoms with van der Waals surface area (Å²) < 4.78 is 7.57. The lowest BCUT2D eigenvalue weighted by molar-refractivity contribution is 0.111. The van der Waals surface area contributed by atoms with Crippen LogP contribution in [0.5, 0.6) is 5.75 Å². The highest BCUT2D eigenvalue weighted by molar-refractivity contribution is 5.73. The predicted molar refractivity (Wildman–Crippen MR) is 80.7 cm³/mol. The number of aldehydes is 1. The number of hydrogen-bond donors (Lipinski definition) is 0. The van der Waals surface area contributed by atoms with Crippen LogP contribution in [-0.4, -0.2) is 27.9 Å². The van der Waals surface area contributed by atoms with E-state index in [0.717, 1.165) is 49.1 Å². The van der Waals surface area contributed by atoms with Crippen molar-refractivity contribution >= 4 is 6.29 Å². The van der Waals surface area contributed by atoms with Crippen LogP contribution in [0.1, 0.15) is 41.5 Å². The van der Waals surface area contributed by atoms with Crippen LogP contribution < -0.4 is 4.74 Å². The summed E-state index contributed by atoms with van der Waals surface area (Å²) >= 11 is 0. The molecule has 0 saturated heterocycles. The standard InChI is InChI=1S/C16H21N3O2/c1-3-15-14(12-20)17-18-19(15)10-6-7-11-21-16-9-5-4-8-13(16)2/h4-5,8-9,12H,3,6-7,10-11H2,1-2H3. The highest BCUT2D eigenvalue weighted by Crippen LogP contribution is 2.16. The first-order valence-electron chi connectivity index (χ1n) is 7.32. The van der Waals surface area contributed by atoms with E-state index in [0.29, 0.717) is 12.3 Å². The number of carbonyl (C=O) groups is 1. The Bertz CT molecular complexity index is 593. The summed E-state index contributed by atoms with van der Waals surface area (Å²) in [7, 11) is 0. The third kappa shape index (κ3) is 3.90. The maximum atomic E-state index is 10.8. The van der Waals surface area contributed by atoms with Gasteiger partial charge in [-0.3, -0.25) is 4.79 Å². The number of hydrogen-bond acceptors (Lipinski definition) is 4. The van der Waals surface area contributed by atoms with Crippen LogP contribution in [0.2, 0.25) is 0 Å². The molecule has 0 unspecified atom stereocenters. The number of para-hydroxylation sites is 1. The second-order valence-electron chi connectivity index (χ2n) is 4.94. The summed E-state index contributed by atoms with van der Waals surface area (Å²) in [5, 5.41) is 7.90. The van der Waals surface area contributed by atoms with Gasteiger partial charge in [0.2, 0.25) is 0 Å². The molecule has 1 aromatic heterocycles. The number of benzene rings is 1. The maximum Gasteiger partial charge on any atom is 0.172 e. The molecule has 112 valence electrons. The van der Waals surface area contributed by atoms with Crippen LogP contribution >= 0.6 is 0 Å². The molecular formula is C16H21N3O2. The van der Waals surface area contributed by atoms with Crippen molar-refractivity contribution in [2.45, 2.75) is 39.7 Å². The van der Waals surface area contributed by atoms with Gasteiger partial charge in [0, 0.05) is 6.54 Å². The van der Waals surface area contributed by atoms with Gasteiger partial charge in [0.1, 0.15) is 11.4 Å². The lowest BCUT2D eigenvalue weighted by Crippen LogP contribution is -2.07. The molecule has 1 heterocycles. The fourth-order valence-corrected chi connectivity index (χ4v) is 2.25. The Labute approximate surface area is 124 Å². The molecular weight excluding hydrogens is 266 g/mol. The smallest absolute Gasteiger partial charge is 0.172 e. The first-order chi connectivity index (χ1) is 10.3. The molecule has 0 atom stereocenters. The summed E-state index contributed by atoms with van der Waals surface area (Å²) in [4.78, 5) is 10.8. The topological polar surface area (TPSA) is 57.0 Å². The monoisotopic (exact) mass is 287 g/mol. The fraction of sp³-hybridized carbons (Fsp3) is 0.438. The summed E-state index contributed by atoms with van der Waals surface area (Å²) in [5.74, 6) is 0.941. The van der Waals surface area contributed by atoms with Crippen LogP contribution in [0, 0.1) is 6.92 Å². The zero-order chi connectivity index (χ0) is 15.1. The Morgan fingerprint density at radius 1 is 1.29 bits per heavy atom. The molecule has 0 bridgehead atoms. The van der Waals surface area contributed by atoms with E-state index in [1.165, 1.54) is 0 Å². The van der Waals surface area contributed by atoms with Crippen molar-refractivity contribution in [2.24, 2.45) is 0 Å². The van der Waals surface area contributed by atoms with E-state index in [2.05, 4.69) is 10.3 Å².